The first-order chi connectivity index (χ1) is 9.97. The zero-order valence-electron chi connectivity index (χ0n) is 11.6. The van der Waals surface area contributed by atoms with Crippen LogP contribution in [0.15, 0.2) is 18.2 Å². The van der Waals surface area contributed by atoms with E-state index in [9.17, 15) is 14.9 Å². The van der Waals surface area contributed by atoms with Crippen LogP contribution in [0.4, 0.5) is 5.69 Å². The van der Waals surface area contributed by atoms with Crippen molar-refractivity contribution in [3.63, 3.8) is 0 Å². The number of aromatic carboxylic acids is 1. The number of nitrogens with zero attached hydrogens (tertiary/aromatic N) is 4. The summed E-state index contributed by atoms with van der Waals surface area (Å²) in [6.45, 7) is 3.76. The summed E-state index contributed by atoms with van der Waals surface area (Å²) in [4.78, 5) is 25.8. The molecule has 2 rings (SSSR count). The number of aryl methyl sites for hydroxylation is 2. The SMILES string of the molecule is CCc1nc(CC)n(-c2ccc(C(=O)O)cc2[N+](=O)[O-])n1. The summed E-state index contributed by atoms with van der Waals surface area (Å²) in [5.74, 6) is -0.0327. The van der Waals surface area contributed by atoms with Gasteiger partial charge in [0.15, 0.2) is 5.82 Å². The molecule has 1 aromatic carbocycles. The van der Waals surface area contributed by atoms with Crippen molar-refractivity contribution in [2.45, 2.75) is 26.7 Å². The number of carboxylic acid groups (broad SMARTS) is 1. The molecule has 0 aliphatic carbocycles. The van der Waals surface area contributed by atoms with Gasteiger partial charge in [0.05, 0.1) is 10.5 Å². The topological polar surface area (TPSA) is 111 Å². The van der Waals surface area contributed by atoms with E-state index in [2.05, 4.69) is 10.1 Å². The van der Waals surface area contributed by atoms with E-state index in [0.29, 0.717) is 24.5 Å². The average Bonchev–Trinajstić information content (AvgIpc) is 2.89. The Balaban J connectivity index is 2.65. The Morgan fingerprint density at radius 2 is 2.10 bits per heavy atom. The fraction of sp³-hybridized carbons (Fsp3) is 0.308. The maximum absolute atomic E-state index is 11.2. The largest absolute Gasteiger partial charge is 0.478 e. The van der Waals surface area contributed by atoms with Gasteiger partial charge in [-0.15, -0.1) is 0 Å². The first-order valence-electron chi connectivity index (χ1n) is 6.44. The number of hydrogen-bond acceptors (Lipinski definition) is 5. The van der Waals surface area contributed by atoms with Crippen LogP contribution in [0, 0.1) is 10.1 Å². The van der Waals surface area contributed by atoms with Crippen LogP contribution in [0.3, 0.4) is 0 Å². The van der Waals surface area contributed by atoms with Crippen molar-refractivity contribution in [2.24, 2.45) is 0 Å². The molecule has 0 aliphatic rings. The second-order valence-corrected chi connectivity index (χ2v) is 4.33. The monoisotopic (exact) mass is 290 g/mol. The molecule has 8 heteroatoms. The number of hydrogen-bond donors (Lipinski definition) is 1. The summed E-state index contributed by atoms with van der Waals surface area (Å²) in [6, 6.07) is 3.73. The number of aromatic nitrogens is 3. The fourth-order valence-electron chi connectivity index (χ4n) is 1.95. The molecular formula is C13H14N4O4. The number of carboxylic acids is 1. The molecule has 1 N–H and O–H groups in total. The van der Waals surface area contributed by atoms with Crippen LogP contribution in [0.25, 0.3) is 5.69 Å². The van der Waals surface area contributed by atoms with E-state index in [0.717, 1.165) is 6.07 Å². The molecule has 2 aromatic rings. The van der Waals surface area contributed by atoms with E-state index in [4.69, 9.17) is 5.11 Å². The van der Waals surface area contributed by atoms with E-state index >= 15 is 0 Å². The Morgan fingerprint density at radius 3 is 2.62 bits per heavy atom. The van der Waals surface area contributed by atoms with E-state index in [1.165, 1.54) is 16.8 Å². The van der Waals surface area contributed by atoms with Crippen LogP contribution in [0.1, 0.15) is 35.9 Å². The van der Waals surface area contributed by atoms with Gasteiger partial charge in [-0.25, -0.2) is 14.5 Å². The van der Waals surface area contributed by atoms with E-state index < -0.39 is 10.9 Å². The lowest BCUT2D eigenvalue weighted by molar-refractivity contribution is -0.384. The van der Waals surface area contributed by atoms with Gasteiger partial charge in [-0.2, -0.15) is 5.10 Å². The Morgan fingerprint density at radius 1 is 1.38 bits per heavy atom. The maximum atomic E-state index is 11.2. The Labute approximate surface area is 120 Å². The minimum absolute atomic E-state index is 0.140. The molecule has 0 bridgehead atoms. The maximum Gasteiger partial charge on any atom is 0.335 e. The molecule has 0 saturated heterocycles. The minimum Gasteiger partial charge on any atom is -0.478 e. The molecule has 0 saturated carbocycles. The number of nitro benzene ring substituents is 1. The van der Waals surface area contributed by atoms with E-state index in [1.807, 2.05) is 13.8 Å². The van der Waals surface area contributed by atoms with Crippen LogP contribution < -0.4 is 0 Å². The molecule has 0 atom stereocenters. The van der Waals surface area contributed by atoms with Crippen LogP contribution in [0.5, 0.6) is 0 Å². The third kappa shape index (κ3) is 2.73. The molecule has 110 valence electrons. The third-order valence-corrected chi connectivity index (χ3v) is 3.00. The predicted octanol–water partition coefficient (Wildman–Crippen LogP) is 2.00. The van der Waals surface area contributed by atoms with E-state index in [1.54, 1.807) is 0 Å². The first kappa shape index (κ1) is 14.6. The van der Waals surface area contributed by atoms with Crippen molar-refractivity contribution in [3.8, 4) is 5.69 Å². The smallest absolute Gasteiger partial charge is 0.335 e. The molecular weight excluding hydrogens is 276 g/mol. The molecule has 0 fully saturated rings. The first-order valence-corrected chi connectivity index (χ1v) is 6.44. The second kappa shape index (κ2) is 5.70. The molecule has 21 heavy (non-hydrogen) atoms. The summed E-state index contributed by atoms with van der Waals surface area (Å²) in [5, 5.41) is 24.4. The molecule has 8 nitrogen and oxygen atoms in total. The number of benzene rings is 1. The number of rotatable bonds is 5. The summed E-state index contributed by atoms with van der Waals surface area (Å²) in [5.41, 5.74) is -0.231. The normalized spacial score (nSPS) is 10.6. The zero-order valence-corrected chi connectivity index (χ0v) is 11.6. The number of nitro groups is 1. The van der Waals surface area contributed by atoms with Crippen molar-refractivity contribution in [1.82, 2.24) is 14.8 Å². The number of carbonyl (C=O) groups is 1. The minimum atomic E-state index is -1.21. The summed E-state index contributed by atoms with van der Waals surface area (Å²) >= 11 is 0. The van der Waals surface area contributed by atoms with Crippen molar-refractivity contribution in [2.75, 3.05) is 0 Å². The van der Waals surface area contributed by atoms with Gasteiger partial charge in [-0.3, -0.25) is 10.1 Å². The third-order valence-electron chi connectivity index (χ3n) is 3.00. The van der Waals surface area contributed by atoms with Crippen molar-refractivity contribution in [3.05, 3.63) is 45.5 Å². The van der Waals surface area contributed by atoms with Gasteiger partial charge in [0, 0.05) is 18.9 Å². The standard InChI is InChI=1S/C13H14N4O4/c1-3-11-14-12(4-2)16(15-11)9-6-5-8(13(18)19)7-10(9)17(20)21/h5-7H,3-4H2,1-2H3,(H,18,19). The zero-order chi connectivity index (χ0) is 15.6. The fourth-order valence-corrected chi connectivity index (χ4v) is 1.95. The van der Waals surface area contributed by atoms with Crippen LogP contribution in [0.2, 0.25) is 0 Å². The lowest BCUT2D eigenvalue weighted by Gasteiger charge is -2.06. The Hall–Kier alpha value is -2.77. The highest BCUT2D eigenvalue weighted by Gasteiger charge is 2.21. The van der Waals surface area contributed by atoms with E-state index in [-0.39, 0.29) is 16.9 Å². The molecule has 0 amide bonds. The summed E-state index contributed by atoms with van der Waals surface area (Å²) in [6.07, 6.45) is 1.17. The van der Waals surface area contributed by atoms with Gasteiger partial charge in [0.1, 0.15) is 11.5 Å². The van der Waals surface area contributed by atoms with Gasteiger partial charge in [-0.05, 0) is 12.1 Å². The molecule has 0 spiro atoms. The summed E-state index contributed by atoms with van der Waals surface area (Å²) in [7, 11) is 0. The molecule has 1 aromatic heterocycles. The molecule has 1 heterocycles. The van der Waals surface area contributed by atoms with Gasteiger partial charge >= 0.3 is 5.97 Å². The second-order valence-electron chi connectivity index (χ2n) is 4.33. The van der Waals surface area contributed by atoms with Gasteiger partial charge in [0.2, 0.25) is 0 Å². The predicted molar refractivity (Wildman–Crippen MR) is 73.7 cm³/mol. The quantitative estimate of drug-likeness (QED) is 0.666. The molecule has 0 unspecified atom stereocenters. The van der Waals surface area contributed by atoms with Crippen molar-refractivity contribution in [1.29, 1.82) is 0 Å². The van der Waals surface area contributed by atoms with Gasteiger partial charge < -0.3 is 5.11 Å². The highest BCUT2D eigenvalue weighted by molar-refractivity contribution is 5.89. The van der Waals surface area contributed by atoms with Crippen LogP contribution >= 0.6 is 0 Å². The Kier molecular flexibility index (Phi) is 3.97. The molecule has 0 radical (unpaired) electrons. The van der Waals surface area contributed by atoms with Crippen LogP contribution in [-0.4, -0.2) is 30.8 Å². The Bertz CT molecular complexity index is 708. The highest BCUT2D eigenvalue weighted by atomic mass is 16.6. The van der Waals surface area contributed by atoms with Gasteiger partial charge in [-0.1, -0.05) is 13.8 Å². The molecule has 0 aliphatic heterocycles. The average molecular weight is 290 g/mol. The lowest BCUT2D eigenvalue weighted by Crippen LogP contribution is -2.07. The van der Waals surface area contributed by atoms with Crippen molar-refractivity contribution >= 4 is 11.7 Å². The van der Waals surface area contributed by atoms with Crippen molar-refractivity contribution < 1.29 is 14.8 Å². The summed E-state index contributed by atoms with van der Waals surface area (Å²) < 4.78 is 1.41. The lowest BCUT2D eigenvalue weighted by atomic mass is 10.1. The highest BCUT2D eigenvalue weighted by Crippen LogP contribution is 2.25. The van der Waals surface area contributed by atoms with Crippen LogP contribution in [-0.2, 0) is 12.8 Å². The van der Waals surface area contributed by atoms with Gasteiger partial charge in [0.25, 0.3) is 5.69 Å².